The van der Waals surface area contributed by atoms with Gasteiger partial charge in [0, 0.05) is 16.5 Å². The number of hydrogen-bond donors (Lipinski definition) is 3. The SMILES string of the molecule is CC(C)C(=O)NNC(=O)c1cccc(S(=O)(=O)Nc2cccc(Cl)c2)c1. The van der Waals surface area contributed by atoms with Gasteiger partial charge in [0.2, 0.25) is 5.91 Å². The third kappa shape index (κ3) is 5.21. The lowest BCUT2D eigenvalue weighted by molar-refractivity contribution is -0.124. The van der Waals surface area contributed by atoms with Crippen LogP contribution in [0, 0.1) is 5.92 Å². The van der Waals surface area contributed by atoms with Gasteiger partial charge in [0.05, 0.1) is 10.6 Å². The van der Waals surface area contributed by atoms with E-state index in [1.165, 1.54) is 30.3 Å². The Bertz CT molecular complexity index is 929. The van der Waals surface area contributed by atoms with E-state index < -0.39 is 15.9 Å². The zero-order valence-electron chi connectivity index (χ0n) is 14.1. The molecule has 0 aromatic heterocycles. The van der Waals surface area contributed by atoms with Gasteiger partial charge in [0.25, 0.3) is 15.9 Å². The normalized spacial score (nSPS) is 11.1. The molecule has 2 aromatic rings. The summed E-state index contributed by atoms with van der Waals surface area (Å²) in [5, 5.41) is 0.388. The van der Waals surface area contributed by atoms with Crippen LogP contribution in [0.25, 0.3) is 0 Å². The average Bonchev–Trinajstić information content (AvgIpc) is 2.59. The van der Waals surface area contributed by atoms with Gasteiger partial charge in [-0.2, -0.15) is 0 Å². The number of hydrogen-bond acceptors (Lipinski definition) is 4. The van der Waals surface area contributed by atoms with Gasteiger partial charge in [-0.15, -0.1) is 0 Å². The van der Waals surface area contributed by atoms with E-state index in [4.69, 9.17) is 11.6 Å². The fraction of sp³-hybridized carbons (Fsp3) is 0.176. The number of nitrogens with one attached hydrogen (secondary N) is 3. The molecule has 0 aliphatic heterocycles. The quantitative estimate of drug-likeness (QED) is 0.676. The van der Waals surface area contributed by atoms with Crippen molar-refractivity contribution in [2.45, 2.75) is 18.7 Å². The number of sulfonamides is 1. The Labute approximate surface area is 156 Å². The van der Waals surface area contributed by atoms with E-state index in [0.717, 1.165) is 0 Å². The number of halogens is 1. The first-order valence-corrected chi connectivity index (χ1v) is 9.54. The van der Waals surface area contributed by atoms with Gasteiger partial charge in [-0.05, 0) is 36.4 Å². The summed E-state index contributed by atoms with van der Waals surface area (Å²) in [5.41, 5.74) is 4.90. The fourth-order valence-electron chi connectivity index (χ4n) is 1.91. The van der Waals surface area contributed by atoms with Crippen molar-refractivity contribution in [3.8, 4) is 0 Å². The molecule has 26 heavy (non-hydrogen) atoms. The van der Waals surface area contributed by atoms with Crippen molar-refractivity contribution in [1.82, 2.24) is 10.9 Å². The van der Waals surface area contributed by atoms with Crippen LogP contribution in [0.4, 0.5) is 5.69 Å². The van der Waals surface area contributed by atoms with E-state index in [0.29, 0.717) is 10.7 Å². The van der Waals surface area contributed by atoms with Crippen molar-refractivity contribution in [1.29, 1.82) is 0 Å². The highest BCUT2D eigenvalue weighted by molar-refractivity contribution is 7.92. The topological polar surface area (TPSA) is 104 Å². The van der Waals surface area contributed by atoms with Crippen LogP contribution in [0.1, 0.15) is 24.2 Å². The molecule has 0 fully saturated rings. The van der Waals surface area contributed by atoms with Crippen molar-refractivity contribution in [2.75, 3.05) is 4.72 Å². The first kappa shape index (κ1) is 19.7. The Hall–Kier alpha value is -2.58. The largest absolute Gasteiger partial charge is 0.280 e. The number of rotatable bonds is 5. The first-order chi connectivity index (χ1) is 12.2. The summed E-state index contributed by atoms with van der Waals surface area (Å²) in [7, 11) is -3.91. The van der Waals surface area contributed by atoms with Gasteiger partial charge < -0.3 is 0 Å². The minimum Gasteiger partial charge on any atom is -0.280 e. The standard InChI is InChI=1S/C17H18ClN3O4S/c1-11(2)16(22)19-20-17(23)12-5-3-8-15(9-12)26(24,25)21-14-7-4-6-13(18)10-14/h3-11,21H,1-2H3,(H,19,22)(H,20,23). The molecule has 138 valence electrons. The molecule has 0 saturated carbocycles. The maximum absolute atomic E-state index is 12.5. The van der Waals surface area contributed by atoms with Gasteiger partial charge in [0.1, 0.15) is 0 Å². The minimum absolute atomic E-state index is 0.0861. The van der Waals surface area contributed by atoms with Crippen LogP contribution in [0.15, 0.2) is 53.4 Å². The van der Waals surface area contributed by atoms with Crippen molar-refractivity contribution in [3.63, 3.8) is 0 Å². The van der Waals surface area contributed by atoms with Crippen LogP contribution < -0.4 is 15.6 Å². The molecule has 2 amide bonds. The van der Waals surface area contributed by atoms with Crippen LogP contribution >= 0.6 is 11.6 Å². The third-order valence-corrected chi connectivity index (χ3v) is 4.92. The van der Waals surface area contributed by atoms with E-state index in [-0.39, 0.29) is 22.3 Å². The summed E-state index contributed by atoms with van der Waals surface area (Å²) in [5.74, 6) is -1.28. The lowest BCUT2D eigenvalue weighted by Gasteiger charge is -2.11. The summed E-state index contributed by atoms with van der Waals surface area (Å²) < 4.78 is 27.4. The molecule has 2 rings (SSSR count). The maximum Gasteiger partial charge on any atom is 0.269 e. The third-order valence-electron chi connectivity index (χ3n) is 3.31. The highest BCUT2D eigenvalue weighted by Gasteiger charge is 2.17. The molecule has 0 aliphatic carbocycles. The van der Waals surface area contributed by atoms with Gasteiger partial charge in [-0.1, -0.05) is 37.6 Å². The molecule has 0 unspecified atom stereocenters. The molecule has 2 aromatic carbocycles. The molecule has 7 nitrogen and oxygen atoms in total. The predicted octanol–water partition coefficient (Wildman–Crippen LogP) is 2.56. The summed E-state index contributed by atoms with van der Waals surface area (Å²) in [6, 6.07) is 11.7. The van der Waals surface area contributed by atoms with Crippen LogP contribution in [0.5, 0.6) is 0 Å². The molecular formula is C17H18ClN3O4S. The number of carbonyl (C=O) groups is 2. The van der Waals surface area contributed by atoms with E-state index in [1.54, 1.807) is 32.0 Å². The van der Waals surface area contributed by atoms with Crippen molar-refractivity contribution in [2.24, 2.45) is 5.92 Å². The van der Waals surface area contributed by atoms with Crippen molar-refractivity contribution >= 4 is 39.1 Å². The van der Waals surface area contributed by atoms with Crippen molar-refractivity contribution in [3.05, 3.63) is 59.1 Å². The highest BCUT2D eigenvalue weighted by Crippen LogP contribution is 2.20. The molecule has 0 bridgehead atoms. The Kier molecular flexibility index (Phi) is 6.23. The fourth-order valence-corrected chi connectivity index (χ4v) is 3.19. The Morgan fingerprint density at radius 1 is 1.00 bits per heavy atom. The Balaban J connectivity index is 2.17. The summed E-state index contributed by atoms with van der Waals surface area (Å²) >= 11 is 5.85. The number of hydrazine groups is 1. The van der Waals surface area contributed by atoms with E-state index in [9.17, 15) is 18.0 Å². The smallest absolute Gasteiger partial charge is 0.269 e. The molecule has 0 aliphatic rings. The molecule has 0 heterocycles. The monoisotopic (exact) mass is 395 g/mol. The predicted molar refractivity (Wildman–Crippen MR) is 99.1 cm³/mol. The Morgan fingerprint density at radius 3 is 2.35 bits per heavy atom. The van der Waals surface area contributed by atoms with E-state index in [1.807, 2.05) is 0 Å². The lowest BCUT2D eigenvalue weighted by Crippen LogP contribution is -2.43. The minimum atomic E-state index is -3.91. The summed E-state index contributed by atoms with van der Waals surface area (Å²) in [6.07, 6.45) is 0. The molecule has 0 spiro atoms. The van der Waals surface area contributed by atoms with Crippen LogP contribution in [0.2, 0.25) is 5.02 Å². The summed E-state index contributed by atoms with van der Waals surface area (Å²) in [4.78, 5) is 23.5. The first-order valence-electron chi connectivity index (χ1n) is 7.67. The van der Waals surface area contributed by atoms with Crippen LogP contribution in [0.3, 0.4) is 0 Å². The van der Waals surface area contributed by atoms with Crippen molar-refractivity contribution < 1.29 is 18.0 Å². The second-order valence-electron chi connectivity index (χ2n) is 5.74. The molecule has 0 saturated heterocycles. The molecule has 3 N–H and O–H groups in total. The Morgan fingerprint density at radius 2 is 1.69 bits per heavy atom. The van der Waals surface area contributed by atoms with Crippen LogP contribution in [-0.4, -0.2) is 20.2 Å². The maximum atomic E-state index is 12.5. The second-order valence-corrected chi connectivity index (χ2v) is 7.86. The molecule has 9 heteroatoms. The average molecular weight is 396 g/mol. The van der Waals surface area contributed by atoms with E-state index in [2.05, 4.69) is 15.6 Å². The number of benzene rings is 2. The lowest BCUT2D eigenvalue weighted by atomic mass is 10.2. The van der Waals surface area contributed by atoms with Gasteiger partial charge >= 0.3 is 0 Å². The summed E-state index contributed by atoms with van der Waals surface area (Å²) in [6.45, 7) is 3.35. The number of amides is 2. The number of anilines is 1. The molecule has 0 radical (unpaired) electrons. The molecule has 0 atom stereocenters. The van der Waals surface area contributed by atoms with Gasteiger partial charge in [-0.25, -0.2) is 8.42 Å². The van der Waals surface area contributed by atoms with Gasteiger partial charge in [0.15, 0.2) is 0 Å². The zero-order valence-corrected chi connectivity index (χ0v) is 15.7. The second kappa shape index (κ2) is 8.20. The van der Waals surface area contributed by atoms with Gasteiger partial charge in [-0.3, -0.25) is 25.2 Å². The molecular weight excluding hydrogens is 378 g/mol. The number of carbonyl (C=O) groups excluding carboxylic acids is 2. The van der Waals surface area contributed by atoms with Crippen LogP contribution in [-0.2, 0) is 14.8 Å². The zero-order chi connectivity index (χ0) is 19.3. The highest BCUT2D eigenvalue weighted by atomic mass is 35.5. The van der Waals surface area contributed by atoms with E-state index >= 15 is 0 Å².